The number of benzene rings is 1. The van der Waals surface area contributed by atoms with E-state index in [2.05, 4.69) is 25.9 Å². The number of aromatic nitrogens is 2. The zero-order valence-electron chi connectivity index (χ0n) is 9.45. The molecule has 0 aliphatic rings. The predicted octanol–water partition coefficient (Wildman–Crippen LogP) is 3.87. The number of hydrogen-bond donors (Lipinski definition) is 0. The minimum Gasteiger partial charge on any atom is -0.439 e. The van der Waals surface area contributed by atoms with Gasteiger partial charge in [-0.1, -0.05) is 6.92 Å². The average Bonchev–Trinajstić information content (AvgIpc) is 2.26. The molecule has 0 spiro atoms. The van der Waals surface area contributed by atoms with E-state index >= 15 is 0 Å². The quantitative estimate of drug-likeness (QED) is 0.807. The van der Waals surface area contributed by atoms with E-state index in [4.69, 9.17) is 4.74 Å². The molecule has 0 aliphatic carbocycles. The Balaban J connectivity index is 2.30. The summed E-state index contributed by atoms with van der Waals surface area (Å²) in [4.78, 5) is 8.20. The lowest BCUT2D eigenvalue weighted by atomic mass is 10.3. The van der Waals surface area contributed by atoms with Gasteiger partial charge in [0.15, 0.2) is 0 Å². The van der Waals surface area contributed by atoms with Gasteiger partial charge in [0.2, 0.25) is 5.88 Å². The summed E-state index contributed by atoms with van der Waals surface area (Å²) >= 11 is 3.22. The smallest absolute Gasteiger partial charge is 0.223 e. The van der Waals surface area contributed by atoms with E-state index in [1.165, 1.54) is 6.07 Å². The van der Waals surface area contributed by atoms with Crippen molar-refractivity contribution in [2.45, 2.75) is 13.3 Å². The van der Waals surface area contributed by atoms with E-state index in [1.54, 1.807) is 0 Å². The van der Waals surface area contributed by atoms with Gasteiger partial charge in [-0.2, -0.15) is 4.98 Å². The van der Waals surface area contributed by atoms with Crippen LogP contribution in [0.4, 0.5) is 8.78 Å². The number of aryl methyl sites for hydroxylation is 1. The highest BCUT2D eigenvalue weighted by atomic mass is 79.9. The van der Waals surface area contributed by atoms with Gasteiger partial charge < -0.3 is 4.74 Å². The summed E-state index contributed by atoms with van der Waals surface area (Å²) < 4.78 is 31.8. The first-order valence-corrected chi connectivity index (χ1v) is 6.03. The van der Waals surface area contributed by atoms with Gasteiger partial charge in [-0.15, -0.1) is 0 Å². The number of rotatable bonds is 3. The molecule has 1 aromatic carbocycles. The van der Waals surface area contributed by atoms with Crippen LogP contribution in [-0.4, -0.2) is 9.97 Å². The van der Waals surface area contributed by atoms with Crippen LogP contribution in [0.15, 0.2) is 28.9 Å². The van der Waals surface area contributed by atoms with Crippen LogP contribution in [0.3, 0.4) is 0 Å². The second kappa shape index (κ2) is 5.39. The van der Waals surface area contributed by atoms with Crippen molar-refractivity contribution in [2.24, 2.45) is 0 Å². The molecule has 18 heavy (non-hydrogen) atoms. The molecule has 0 amide bonds. The maximum Gasteiger partial charge on any atom is 0.223 e. The molecule has 1 heterocycles. The van der Waals surface area contributed by atoms with Crippen LogP contribution in [0.25, 0.3) is 0 Å². The number of halogens is 3. The highest BCUT2D eigenvalue weighted by molar-refractivity contribution is 9.10. The zero-order valence-corrected chi connectivity index (χ0v) is 11.0. The second-order valence-electron chi connectivity index (χ2n) is 3.51. The molecule has 0 radical (unpaired) electrons. The third-order valence-electron chi connectivity index (χ3n) is 2.09. The third-order valence-corrected chi connectivity index (χ3v) is 2.50. The molecular formula is C12H9BrF2N2O. The van der Waals surface area contributed by atoms with E-state index in [0.717, 1.165) is 18.2 Å². The number of nitrogens with zero attached hydrogens (tertiary/aromatic N) is 2. The molecule has 0 saturated carbocycles. The Bertz CT molecular complexity index is 558. The molecule has 2 rings (SSSR count). The maximum atomic E-state index is 13.0. The Kier molecular flexibility index (Phi) is 3.86. The van der Waals surface area contributed by atoms with Gasteiger partial charge in [0, 0.05) is 30.7 Å². The van der Waals surface area contributed by atoms with Crippen LogP contribution in [-0.2, 0) is 6.42 Å². The largest absolute Gasteiger partial charge is 0.439 e. The van der Waals surface area contributed by atoms with Crippen LogP contribution in [0.5, 0.6) is 11.6 Å². The molecule has 3 nitrogen and oxygen atoms in total. The molecule has 0 atom stereocenters. The van der Waals surface area contributed by atoms with Gasteiger partial charge in [-0.25, -0.2) is 13.8 Å². The van der Waals surface area contributed by atoms with Crippen molar-refractivity contribution < 1.29 is 13.5 Å². The van der Waals surface area contributed by atoms with E-state index in [1.807, 2.05) is 6.92 Å². The molecule has 6 heteroatoms. The van der Waals surface area contributed by atoms with Crippen LogP contribution in [0, 0.1) is 11.6 Å². The zero-order chi connectivity index (χ0) is 13.1. The summed E-state index contributed by atoms with van der Waals surface area (Å²) in [5.41, 5.74) is 0. The summed E-state index contributed by atoms with van der Waals surface area (Å²) in [6.45, 7) is 1.90. The van der Waals surface area contributed by atoms with Gasteiger partial charge in [-0.05, 0) is 15.9 Å². The lowest BCUT2D eigenvalue weighted by Gasteiger charge is -2.06. The summed E-state index contributed by atoms with van der Waals surface area (Å²) in [6, 6.07) is 4.48. The Hall–Kier alpha value is -1.56. The molecule has 94 valence electrons. The van der Waals surface area contributed by atoms with Crippen LogP contribution in [0.1, 0.15) is 12.7 Å². The van der Waals surface area contributed by atoms with Crippen LogP contribution in [0.2, 0.25) is 0 Å². The monoisotopic (exact) mass is 314 g/mol. The lowest BCUT2D eigenvalue weighted by Crippen LogP contribution is -1.97. The second-order valence-corrected chi connectivity index (χ2v) is 4.32. The van der Waals surface area contributed by atoms with Crippen LogP contribution >= 0.6 is 15.9 Å². The topological polar surface area (TPSA) is 35.0 Å². The van der Waals surface area contributed by atoms with E-state index < -0.39 is 11.6 Å². The SMILES string of the molecule is CCc1nc(Br)cc(Oc2cc(F)cc(F)c2)n1. The van der Waals surface area contributed by atoms with Gasteiger partial charge in [0.05, 0.1) is 0 Å². The molecule has 0 aliphatic heterocycles. The van der Waals surface area contributed by atoms with Crippen molar-refractivity contribution in [2.75, 3.05) is 0 Å². The average molecular weight is 315 g/mol. The Morgan fingerprint density at radius 3 is 2.39 bits per heavy atom. The molecule has 0 bridgehead atoms. The minimum absolute atomic E-state index is 0.0557. The summed E-state index contributed by atoms with van der Waals surface area (Å²) in [5.74, 6) is -0.530. The molecule has 0 fully saturated rings. The molecule has 0 unspecified atom stereocenters. The highest BCUT2D eigenvalue weighted by Crippen LogP contribution is 2.23. The first-order valence-electron chi connectivity index (χ1n) is 5.24. The van der Waals surface area contributed by atoms with Crippen molar-refractivity contribution in [3.63, 3.8) is 0 Å². The van der Waals surface area contributed by atoms with Crippen molar-refractivity contribution in [1.29, 1.82) is 0 Å². The fraction of sp³-hybridized carbons (Fsp3) is 0.167. The Morgan fingerprint density at radius 2 is 1.78 bits per heavy atom. The van der Waals surface area contributed by atoms with Gasteiger partial charge in [-0.3, -0.25) is 0 Å². The van der Waals surface area contributed by atoms with Crippen molar-refractivity contribution in [3.05, 3.63) is 46.3 Å². The number of hydrogen-bond acceptors (Lipinski definition) is 3. The van der Waals surface area contributed by atoms with Gasteiger partial charge in [0.1, 0.15) is 27.8 Å². The molecule has 1 aromatic heterocycles. The molecule has 2 aromatic rings. The first-order chi connectivity index (χ1) is 8.56. The summed E-state index contributed by atoms with van der Waals surface area (Å²) in [7, 11) is 0. The van der Waals surface area contributed by atoms with Crippen molar-refractivity contribution in [3.8, 4) is 11.6 Å². The van der Waals surface area contributed by atoms with E-state index in [0.29, 0.717) is 16.8 Å². The first kappa shape index (κ1) is 12.9. The van der Waals surface area contributed by atoms with Gasteiger partial charge >= 0.3 is 0 Å². The third kappa shape index (κ3) is 3.22. The lowest BCUT2D eigenvalue weighted by molar-refractivity contribution is 0.447. The van der Waals surface area contributed by atoms with Crippen molar-refractivity contribution in [1.82, 2.24) is 9.97 Å². The van der Waals surface area contributed by atoms with Crippen molar-refractivity contribution >= 4 is 15.9 Å². The molecular weight excluding hydrogens is 306 g/mol. The van der Waals surface area contributed by atoms with Crippen LogP contribution < -0.4 is 4.74 Å². The summed E-state index contributed by atoms with van der Waals surface area (Å²) in [5, 5.41) is 0. The Morgan fingerprint density at radius 1 is 1.11 bits per heavy atom. The maximum absolute atomic E-state index is 13.0. The highest BCUT2D eigenvalue weighted by Gasteiger charge is 2.06. The van der Waals surface area contributed by atoms with E-state index in [9.17, 15) is 8.78 Å². The minimum atomic E-state index is -0.700. The molecule has 0 saturated heterocycles. The van der Waals surface area contributed by atoms with Gasteiger partial charge in [0.25, 0.3) is 0 Å². The fourth-order valence-electron chi connectivity index (χ4n) is 1.36. The van der Waals surface area contributed by atoms with E-state index in [-0.39, 0.29) is 11.6 Å². The molecule has 0 N–H and O–H groups in total. The number of ether oxygens (including phenoxy) is 1. The fourth-order valence-corrected chi connectivity index (χ4v) is 1.76. The standard InChI is InChI=1S/C12H9BrF2N2O/c1-2-11-16-10(13)6-12(17-11)18-9-4-7(14)3-8(15)5-9/h3-6H,2H2,1H3. The Labute approximate surface area is 111 Å². The summed E-state index contributed by atoms with van der Waals surface area (Å²) in [6.07, 6.45) is 0.632. The normalized spacial score (nSPS) is 10.4. The predicted molar refractivity (Wildman–Crippen MR) is 65.5 cm³/mol.